The van der Waals surface area contributed by atoms with Gasteiger partial charge in [-0.05, 0) is 38.0 Å². The van der Waals surface area contributed by atoms with Gasteiger partial charge in [0.2, 0.25) is 3.79 Å². The van der Waals surface area contributed by atoms with Crippen LogP contribution in [0.5, 0.6) is 0 Å². The van der Waals surface area contributed by atoms with Crippen LogP contribution in [0.3, 0.4) is 0 Å². The Morgan fingerprint density at radius 2 is 1.88 bits per heavy atom. The number of aryl methyl sites for hydroxylation is 2. The molecule has 6 nitrogen and oxygen atoms in total. The Bertz CT molecular complexity index is 562. The molecule has 1 aromatic carbocycles. The van der Waals surface area contributed by atoms with Crippen molar-refractivity contribution in [2.24, 2.45) is 5.73 Å². The van der Waals surface area contributed by atoms with Crippen molar-refractivity contribution in [2.75, 3.05) is 18.5 Å². The van der Waals surface area contributed by atoms with E-state index in [1.807, 2.05) is 32.0 Å². The third-order valence-corrected chi connectivity index (χ3v) is 3.00. The monoisotopic (exact) mass is 398 g/mol. The number of esters is 1. The van der Waals surface area contributed by atoms with Crippen LogP contribution in [0.1, 0.15) is 18.1 Å². The molecular formula is C15H21Cl3N2O4. The summed E-state index contributed by atoms with van der Waals surface area (Å²) in [4.78, 5) is 21.0. The van der Waals surface area contributed by atoms with E-state index >= 15 is 0 Å². The first-order valence-corrected chi connectivity index (χ1v) is 8.08. The summed E-state index contributed by atoms with van der Waals surface area (Å²) in [6, 6.07) is 5.44. The van der Waals surface area contributed by atoms with Crippen LogP contribution in [-0.2, 0) is 14.3 Å². The molecular weight excluding hydrogens is 379 g/mol. The number of nitrogens with one attached hydrogen (secondary N) is 1. The minimum atomic E-state index is -1.59. The van der Waals surface area contributed by atoms with Gasteiger partial charge in [-0.3, -0.25) is 4.79 Å². The Labute approximate surface area is 156 Å². The summed E-state index contributed by atoms with van der Waals surface area (Å²) in [6.07, 6.45) is 0. The Morgan fingerprint density at radius 1 is 1.33 bits per heavy atom. The first-order valence-electron chi connectivity index (χ1n) is 6.95. The van der Waals surface area contributed by atoms with Crippen LogP contribution in [0.4, 0.5) is 5.69 Å². The number of halogens is 3. The van der Waals surface area contributed by atoms with Gasteiger partial charge in [0.15, 0.2) is 0 Å². The molecule has 0 aliphatic heterocycles. The fourth-order valence-corrected chi connectivity index (χ4v) is 1.63. The van der Waals surface area contributed by atoms with Gasteiger partial charge in [-0.25, -0.2) is 4.79 Å². The minimum Gasteiger partial charge on any atom is -0.480 e. The van der Waals surface area contributed by atoms with Crippen LogP contribution in [0.25, 0.3) is 0 Å². The number of ether oxygens (including phenoxy) is 1. The van der Waals surface area contributed by atoms with Crippen molar-refractivity contribution in [3.8, 4) is 0 Å². The number of carboxylic acid groups (broad SMARTS) is 1. The van der Waals surface area contributed by atoms with E-state index in [9.17, 15) is 9.59 Å². The molecule has 9 heteroatoms. The van der Waals surface area contributed by atoms with Crippen molar-refractivity contribution >= 4 is 52.4 Å². The molecule has 0 bridgehead atoms. The first kappa shape index (κ1) is 22.8. The summed E-state index contributed by atoms with van der Waals surface area (Å²) in [5, 5.41) is 10.7. The van der Waals surface area contributed by atoms with E-state index in [1.165, 1.54) is 0 Å². The topological polar surface area (TPSA) is 102 Å². The van der Waals surface area contributed by atoms with E-state index < -0.39 is 21.8 Å². The highest BCUT2D eigenvalue weighted by Gasteiger charge is 2.24. The summed E-state index contributed by atoms with van der Waals surface area (Å²) in [5.74, 6) is -1.43. The number of aliphatic carboxylic acids is 1. The predicted octanol–water partition coefficient (Wildman–Crippen LogP) is 3.05. The van der Waals surface area contributed by atoms with Gasteiger partial charge in [0.25, 0.3) is 0 Å². The maximum Gasteiger partial charge on any atom is 0.328 e. The molecule has 0 heterocycles. The quantitative estimate of drug-likeness (QED) is 0.519. The zero-order valence-electron chi connectivity index (χ0n) is 13.6. The number of rotatable bonds is 5. The number of carbonyl (C=O) groups excluding carboxylic acids is 1. The van der Waals surface area contributed by atoms with Gasteiger partial charge in [-0.15, -0.1) is 0 Å². The molecule has 1 rings (SSSR count). The Morgan fingerprint density at radius 3 is 2.33 bits per heavy atom. The van der Waals surface area contributed by atoms with Crippen LogP contribution in [0.2, 0.25) is 0 Å². The molecule has 0 aliphatic rings. The lowest BCUT2D eigenvalue weighted by molar-refractivity contribution is -0.144. The number of hydrogen-bond donors (Lipinski definition) is 3. The summed E-state index contributed by atoms with van der Waals surface area (Å²) < 4.78 is 3.32. The van der Waals surface area contributed by atoms with E-state index in [4.69, 9.17) is 44.6 Å². The number of anilines is 1. The lowest BCUT2D eigenvalue weighted by Crippen LogP contribution is -2.31. The van der Waals surface area contributed by atoms with Gasteiger partial charge in [0.1, 0.15) is 12.6 Å². The second-order valence-corrected chi connectivity index (χ2v) is 7.52. The number of nitrogens with two attached hydrogens (primary N) is 1. The normalized spacial score (nSPS) is 11.8. The lowest BCUT2D eigenvalue weighted by atomic mass is 10.1. The van der Waals surface area contributed by atoms with E-state index in [2.05, 4.69) is 11.1 Å². The molecule has 1 aromatic rings. The highest BCUT2D eigenvalue weighted by molar-refractivity contribution is 6.67. The zero-order valence-corrected chi connectivity index (χ0v) is 15.9. The fourth-order valence-electron chi connectivity index (χ4n) is 1.46. The molecule has 0 saturated heterocycles. The third kappa shape index (κ3) is 10.5. The zero-order chi connectivity index (χ0) is 18.9. The first-order chi connectivity index (χ1) is 11.0. The van der Waals surface area contributed by atoms with Crippen molar-refractivity contribution < 1.29 is 19.4 Å². The minimum absolute atomic E-state index is 0.269. The van der Waals surface area contributed by atoms with Crippen molar-refractivity contribution in [3.05, 3.63) is 29.3 Å². The van der Waals surface area contributed by atoms with Gasteiger partial charge in [0.05, 0.1) is 6.54 Å². The van der Waals surface area contributed by atoms with E-state index in [1.54, 1.807) is 6.92 Å². The van der Waals surface area contributed by atoms with Crippen LogP contribution >= 0.6 is 34.8 Å². The van der Waals surface area contributed by atoms with Crippen LogP contribution < -0.4 is 11.1 Å². The van der Waals surface area contributed by atoms with Crippen LogP contribution in [-0.4, -0.2) is 40.0 Å². The summed E-state index contributed by atoms with van der Waals surface area (Å²) in [5.41, 5.74) is 7.61. The Hall–Kier alpha value is -1.21. The van der Waals surface area contributed by atoms with Crippen molar-refractivity contribution in [1.82, 2.24) is 0 Å². The van der Waals surface area contributed by atoms with E-state index in [0.29, 0.717) is 0 Å². The van der Waals surface area contributed by atoms with Crippen LogP contribution in [0.15, 0.2) is 18.2 Å². The molecule has 0 amide bonds. The molecule has 24 heavy (non-hydrogen) atoms. The molecule has 0 saturated carbocycles. The molecule has 4 N–H and O–H groups in total. The largest absolute Gasteiger partial charge is 0.480 e. The average molecular weight is 400 g/mol. The number of benzene rings is 1. The van der Waals surface area contributed by atoms with E-state index in [-0.39, 0.29) is 13.2 Å². The molecule has 0 aliphatic carbocycles. The second-order valence-electron chi connectivity index (χ2n) is 5.01. The Kier molecular flexibility index (Phi) is 10.1. The number of carbonyl (C=O) groups is 2. The molecule has 1 atom stereocenters. The highest BCUT2D eigenvalue weighted by atomic mass is 35.6. The Balaban J connectivity index is 0.000000922. The second kappa shape index (κ2) is 10.6. The van der Waals surface area contributed by atoms with E-state index in [0.717, 1.165) is 16.8 Å². The molecule has 0 unspecified atom stereocenters. The maximum atomic E-state index is 11.7. The third-order valence-electron chi connectivity index (χ3n) is 2.67. The van der Waals surface area contributed by atoms with Crippen molar-refractivity contribution in [2.45, 2.75) is 30.6 Å². The van der Waals surface area contributed by atoms with Gasteiger partial charge in [-0.2, -0.15) is 0 Å². The summed E-state index contributed by atoms with van der Waals surface area (Å²) in [6.45, 7) is 5.09. The SMILES string of the molecule is Cc1ccc(C)c(N[C@@H](C)C(=O)OCC(Cl)(Cl)Cl)c1.NCC(=O)O. The van der Waals surface area contributed by atoms with Gasteiger partial charge in [0, 0.05) is 5.69 Å². The number of carboxylic acids is 1. The summed E-state index contributed by atoms with van der Waals surface area (Å²) in [7, 11) is 0. The van der Waals surface area contributed by atoms with Gasteiger partial charge in [-0.1, -0.05) is 46.9 Å². The standard InChI is InChI=1S/C13H16Cl3NO2.C2H5NO2/c1-8-4-5-9(2)11(6-8)17-10(3)12(18)19-7-13(14,15)16;3-1-2(4)5/h4-6,10,17H,7H2,1-3H3;1,3H2,(H,4,5)/t10-;/m0./s1. The number of alkyl halides is 3. The smallest absolute Gasteiger partial charge is 0.328 e. The number of hydrogen-bond acceptors (Lipinski definition) is 5. The lowest BCUT2D eigenvalue weighted by Gasteiger charge is -2.18. The summed E-state index contributed by atoms with van der Waals surface area (Å²) >= 11 is 16.6. The molecule has 0 aromatic heterocycles. The van der Waals surface area contributed by atoms with Crippen molar-refractivity contribution in [3.63, 3.8) is 0 Å². The van der Waals surface area contributed by atoms with Crippen LogP contribution in [0, 0.1) is 13.8 Å². The van der Waals surface area contributed by atoms with Crippen molar-refractivity contribution in [1.29, 1.82) is 0 Å². The van der Waals surface area contributed by atoms with Gasteiger partial charge < -0.3 is 20.9 Å². The maximum absolute atomic E-state index is 11.7. The fraction of sp³-hybridized carbons (Fsp3) is 0.467. The molecule has 0 radical (unpaired) electrons. The highest BCUT2D eigenvalue weighted by Crippen LogP contribution is 2.26. The molecule has 0 fully saturated rings. The van der Waals surface area contributed by atoms with Gasteiger partial charge >= 0.3 is 11.9 Å². The molecule has 0 spiro atoms. The average Bonchev–Trinajstić information content (AvgIpc) is 2.48. The predicted molar refractivity (Wildman–Crippen MR) is 96.9 cm³/mol. The molecule has 136 valence electrons.